The van der Waals surface area contributed by atoms with Crippen molar-refractivity contribution in [2.45, 2.75) is 24.4 Å². The molecule has 1 aromatic heterocycles. The van der Waals surface area contributed by atoms with Crippen LogP contribution < -0.4 is 5.32 Å². The van der Waals surface area contributed by atoms with Crippen molar-refractivity contribution < 1.29 is 0 Å². The Bertz CT molecular complexity index is 374. The van der Waals surface area contributed by atoms with E-state index in [9.17, 15) is 0 Å². The van der Waals surface area contributed by atoms with Gasteiger partial charge >= 0.3 is 0 Å². The maximum absolute atomic E-state index is 9.07. The molecule has 86 valence electrons. The summed E-state index contributed by atoms with van der Waals surface area (Å²) in [5.41, 5.74) is -0.513. The van der Waals surface area contributed by atoms with Gasteiger partial charge in [0.15, 0.2) is 0 Å². The van der Waals surface area contributed by atoms with Crippen LogP contribution in [-0.2, 0) is 0 Å². The second kappa shape index (κ2) is 6.09. The summed E-state index contributed by atoms with van der Waals surface area (Å²) >= 11 is 7.29. The molecule has 0 saturated heterocycles. The average Bonchev–Trinajstić information content (AvgIpc) is 2.29. The van der Waals surface area contributed by atoms with Crippen molar-refractivity contribution >= 4 is 23.4 Å². The van der Waals surface area contributed by atoms with Gasteiger partial charge in [-0.3, -0.25) is 5.32 Å². The molecule has 3 nitrogen and oxygen atoms in total. The zero-order valence-corrected chi connectivity index (χ0v) is 10.9. The summed E-state index contributed by atoms with van der Waals surface area (Å²) in [4.78, 5) is 4.17. The quantitative estimate of drug-likeness (QED) is 0.822. The SMILES string of the molecule is CCNC(C)(C#N)CSc1ccc(Cl)cn1. The minimum atomic E-state index is -0.513. The number of hydrogen-bond acceptors (Lipinski definition) is 4. The number of nitriles is 1. The first-order valence-corrected chi connectivity index (χ1v) is 6.36. The van der Waals surface area contributed by atoms with Crippen molar-refractivity contribution in [1.29, 1.82) is 5.26 Å². The van der Waals surface area contributed by atoms with E-state index in [0.29, 0.717) is 10.8 Å². The molecule has 0 aromatic carbocycles. The van der Waals surface area contributed by atoms with Crippen molar-refractivity contribution in [2.75, 3.05) is 12.3 Å². The molecule has 1 aromatic rings. The van der Waals surface area contributed by atoms with E-state index in [-0.39, 0.29) is 0 Å². The Morgan fingerprint density at radius 2 is 2.38 bits per heavy atom. The highest BCUT2D eigenvalue weighted by Gasteiger charge is 2.22. The maximum Gasteiger partial charge on any atom is 0.113 e. The van der Waals surface area contributed by atoms with Crippen molar-refractivity contribution in [1.82, 2.24) is 10.3 Å². The third-order valence-corrected chi connectivity index (χ3v) is 3.51. The summed E-state index contributed by atoms with van der Waals surface area (Å²) in [6.45, 7) is 4.65. The number of hydrogen-bond donors (Lipinski definition) is 1. The normalized spacial score (nSPS) is 14.1. The van der Waals surface area contributed by atoms with Crippen molar-refractivity contribution in [3.05, 3.63) is 23.4 Å². The lowest BCUT2D eigenvalue weighted by molar-refractivity contribution is 0.511. The molecular formula is C11H14ClN3S. The van der Waals surface area contributed by atoms with E-state index in [1.807, 2.05) is 19.9 Å². The fourth-order valence-corrected chi connectivity index (χ4v) is 2.19. The predicted octanol–water partition coefficient (Wildman–Crippen LogP) is 2.72. The third kappa shape index (κ3) is 4.01. The lowest BCUT2D eigenvalue weighted by Gasteiger charge is -2.21. The van der Waals surface area contributed by atoms with Crippen molar-refractivity contribution in [3.63, 3.8) is 0 Å². The number of pyridine rings is 1. The van der Waals surface area contributed by atoms with Gasteiger partial charge in [-0.2, -0.15) is 5.26 Å². The Morgan fingerprint density at radius 1 is 1.62 bits per heavy atom. The van der Waals surface area contributed by atoms with Crippen LogP contribution >= 0.6 is 23.4 Å². The molecule has 0 aliphatic rings. The van der Waals surface area contributed by atoms with Gasteiger partial charge in [-0.25, -0.2) is 4.98 Å². The smallest absolute Gasteiger partial charge is 0.113 e. The molecule has 1 unspecified atom stereocenters. The number of thioether (sulfide) groups is 1. The Labute approximate surface area is 105 Å². The summed E-state index contributed by atoms with van der Waals surface area (Å²) in [5, 5.41) is 13.7. The fraction of sp³-hybridized carbons (Fsp3) is 0.455. The van der Waals surface area contributed by atoms with Gasteiger partial charge in [0.1, 0.15) is 5.54 Å². The number of halogens is 1. The fourth-order valence-electron chi connectivity index (χ4n) is 1.18. The van der Waals surface area contributed by atoms with E-state index in [2.05, 4.69) is 16.4 Å². The highest BCUT2D eigenvalue weighted by molar-refractivity contribution is 7.99. The summed E-state index contributed by atoms with van der Waals surface area (Å²) in [7, 11) is 0. The van der Waals surface area contributed by atoms with Crippen LogP contribution in [0.5, 0.6) is 0 Å². The largest absolute Gasteiger partial charge is 0.299 e. The van der Waals surface area contributed by atoms with E-state index in [0.717, 1.165) is 11.6 Å². The van der Waals surface area contributed by atoms with Crippen molar-refractivity contribution in [2.24, 2.45) is 0 Å². The van der Waals surface area contributed by atoms with Crippen LogP contribution in [-0.4, -0.2) is 22.8 Å². The molecule has 0 radical (unpaired) electrons. The van der Waals surface area contributed by atoms with E-state index >= 15 is 0 Å². The zero-order chi connectivity index (χ0) is 12.0. The molecule has 16 heavy (non-hydrogen) atoms. The summed E-state index contributed by atoms with van der Waals surface area (Å²) in [6.07, 6.45) is 1.61. The molecule has 0 fully saturated rings. The van der Waals surface area contributed by atoms with Gasteiger partial charge in [-0.15, -0.1) is 11.8 Å². The molecule has 0 aliphatic heterocycles. The standard InChI is InChI=1S/C11H14ClN3S/c1-3-15-11(2,7-13)8-16-10-5-4-9(12)6-14-10/h4-6,15H,3,8H2,1-2H3. The second-order valence-corrected chi connectivity index (χ2v) is 5.01. The van der Waals surface area contributed by atoms with Crippen LogP contribution in [0.3, 0.4) is 0 Å². The molecular weight excluding hydrogens is 242 g/mol. The third-order valence-electron chi connectivity index (χ3n) is 2.02. The molecule has 1 atom stereocenters. The van der Waals surface area contributed by atoms with Gasteiger partial charge in [0.05, 0.1) is 16.1 Å². The van der Waals surface area contributed by atoms with Gasteiger partial charge < -0.3 is 0 Å². The Hall–Kier alpha value is -0.760. The van der Waals surface area contributed by atoms with Crippen LogP contribution in [0.2, 0.25) is 5.02 Å². The van der Waals surface area contributed by atoms with Gasteiger partial charge in [0.25, 0.3) is 0 Å². The number of rotatable bonds is 5. The highest BCUT2D eigenvalue weighted by Crippen LogP contribution is 2.21. The molecule has 0 amide bonds. The van der Waals surface area contributed by atoms with Gasteiger partial charge in [-0.05, 0) is 25.6 Å². The Balaban J connectivity index is 2.56. The van der Waals surface area contributed by atoms with Crippen molar-refractivity contribution in [3.8, 4) is 6.07 Å². The van der Waals surface area contributed by atoms with E-state index in [1.165, 1.54) is 0 Å². The second-order valence-electron chi connectivity index (χ2n) is 3.58. The predicted molar refractivity (Wildman–Crippen MR) is 67.7 cm³/mol. The molecule has 0 spiro atoms. The van der Waals surface area contributed by atoms with E-state index < -0.39 is 5.54 Å². The number of aromatic nitrogens is 1. The van der Waals surface area contributed by atoms with Crippen LogP contribution in [0.15, 0.2) is 23.4 Å². The van der Waals surface area contributed by atoms with Crippen LogP contribution in [0.1, 0.15) is 13.8 Å². The Kier molecular flexibility index (Phi) is 5.07. The Morgan fingerprint density at radius 3 is 2.88 bits per heavy atom. The monoisotopic (exact) mass is 255 g/mol. The first kappa shape index (κ1) is 13.3. The van der Waals surface area contributed by atoms with E-state index in [1.54, 1.807) is 24.0 Å². The molecule has 1 rings (SSSR count). The first-order chi connectivity index (χ1) is 7.59. The molecule has 1 heterocycles. The number of nitrogens with zero attached hydrogens (tertiary/aromatic N) is 2. The van der Waals surface area contributed by atoms with Gasteiger partial charge in [0, 0.05) is 11.9 Å². The topological polar surface area (TPSA) is 48.7 Å². The molecule has 0 bridgehead atoms. The molecule has 0 aliphatic carbocycles. The van der Waals surface area contributed by atoms with E-state index in [4.69, 9.17) is 16.9 Å². The minimum Gasteiger partial charge on any atom is -0.299 e. The zero-order valence-electron chi connectivity index (χ0n) is 9.33. The van der Waals surface area contributed by atoms with Gasteiger partial charge in [0.2, 0.25) is 0 Å². The lowest BCUT2D eigenvalue weighted by Crippen LogP contribution is -2.43. The summed E-state index contributed by atoms with van der Waals surface area (Å²) in [5.74, 6) is 0.659. The maximum atomic E-state index is 9.07. The molecule has 0 saturated carbocycles. The van der Waals surface area contributed by atoms with Crippen LogP contribution in [0, 0.1) is 11.3 Å². The first-order valence-electron chi connectivity index (χ1n) is 5.00. The summed E-state index contributed by atoms with van der Waals surface area (Å²) in [6, 6.07) is 5.93. The highest BCUT2D eigenvalue weighted by atomic mass is 35.5. The van der Waals surface area contributed by atoms with Crippen LogP contribution in [0.25, 0.3) is 0 Å². The number of nitrogens with one attached hydrogen (secondary N) is 1. The van der Waals surface area contributed by atoms with Crippen LogP contribution in [0.4, 0.5) is 0 Å². The lowest BCUT2D eigenvalue weighted by atomic mass is 10.1. The minimum absolute atomic E-state index is 0.513. The summed E-state index contributed by atoms with van der Waals surface area (Å²) < 4.78 is 0. The van der Waals surface area contributed by atoms with Gasteiger partial charge in [-0.1, -0.05) is 18.5 Å². The average molecular weight is 256 g/mol. The molecule has 1 N–H and O–H groups in total. The molecule has 5 heteroatoms.